The zero-order valence-electron chi connectivity index (χ0n) is 11.5. The molecule has 0 atom stereocenters. The largest absolute Gasteiger partial charge is 0.486 e. The Labute approximate surface area is 105 Å². The highest BCUT2D eigenvalue weighted by molar-refractivity contribution is 6.51. The van der Waals surface area contributed by atoms with Crippen LogP contribution in [0, 0.1) is 0 Å². The van der Waals surface area contributed by atoms with Gasteiger partial charge in [0.05, 0.1) is 11.2 Å². The first kappa shape index (κ1) is 13.1. The van der Waals surface area contributed by atoms with Gasteiger partial charge < -0.3 is 14.2 Å². The number of nitrogens with zero attached hydrogens (tertiary/aromatic N) is 1. The molecule has 0 unspecified atom stereocenters. The van der Waals surface area contributed by atoms with Crippen LogP contribution in [0.25, 0.3) is 0 Å². The van der Waals surface area contributed by atoms with Crippen molar-refractivity contribution in [2.24, 2.45) is 0 Å². The Hall–Kier alpha value is -0.315. The van der Waals surface area contributed by atoms with Crippen molar-refractivity contribution in [3.63, 3.8) is 0 Å². The van der Waals surface area contributed by atoms with E-state index in [1.54, 1.807) is 0 Å². The molecule has 4 heteroatoms. The highest BCUT2D eigenvalue weighted by Gasteiger charge is 2.49. The Morgan fingerprint density at radius 2 is 1.71 bits per heavy atom. The van der Waals surface area contributed by atoms with E-state index in [2.05, 4.69) is 44.6 Å². The summed E-state index contributed by atoms with van der Waals surface area (Å²) in [7, 11) is -0.184. The van der Waals surface area contributed by atoms with Gasteiger partial charge >= 0.3 is 7.12 Å². The summed E-state index contributed by atoms with van der Waals surface area (Å²) >= 11 is 0. The highest BCUT2D eigenvalue weighted by Crippen LogP contribution is 2.36. The van der Waals surface area contributed by atoms with Crippen LogP contribution in [-0.4, -0.2) is 42.9 Å². The standard InChI is InChI=1S/C13H24BNO2/c1-12(2)13(3,4)17-14(16-12)8-5-6-9-15-10-7-11-15/h5,8H,6-7,9-11H2,1-4H3/b8-5+. The fourth-order valence-corrected chi connectivity index (χ4v) is 2.04. The molecule has 17 heavy (non-hydrogen) atoms. The minimum absolute atomic E-state index is 0.184. The second-order valence-corrected chi connectivity index (χ2v) is 6.04. The van der Waals surface area contributed by atoms with E-state index in [1.807, 2.05) is 0 Å². The van der Waals surface area contributed by atoms with E-state index in [0.717, 1.165) is 13.0 Å². The van der Waals surface area contributed by atoms with Crippen molar-refractivity contribution < 1.29 is 9.31 Å². The Balaban J connectivity index is 1.74. The molecule has 3 nitrogen and oxygen atoms in total. The molecule has 96 valence electrons. The van der Waals surface area contributed by atoms with Crippen LogP contribution in [0.1, 0.15) is 40.5 Å². The molecule has 0 aromatic heterocycles. The minimum Gasteiger partial charge on any atom is -0.400 e. The Bertz CT molecular complexity index is 282. The number of rotatable bonds is 4. The molecule has 2 heterocycles. The van der Waals surface area contributed by atoms with Gasteiger partial charge in [-0.1, -0.05) is 12.1 Å². The zero-order valence-corrected chi connectivity index (χ0v) is 11.5. The molecule has 0 aromatic carbocycles. The average molecular weight is 237 g/mol. The van der Waals surface area contributed by atoms with Crippen molar-refractivity contribution in [1.29, 1.82) is 0 Å². The summed E-state index contributed by atoms with van der Waals surface area (Å²) in [5.74, 6) is 2.05. The summed E-state index contributed by atoms with van der Waals surface area (Å²) in [6.45, 7) is 12.0. The molecular formula is C13H24BNO2. The maximum Gasteiger partial charge on any atom is 0.486 e. The summed E-state index contributed by atoms with van der Waals surface area (Å²) in [5, 5.41) is 0. The van der Waals surface area contributed by atoms with Crippen LogP contribution in [-0.2, 0) is 9.31 Å². The monoisotopic (exact) mass is 237 g/mol. The van der Waals surface area contributed by atoms with Crippen molar-refractivity contribution in [3.8, 4) is 0 Å². The smallest absolute Gasteiger partial charge is 0.400 e. The molecule has 2 aliphatic rings. The molecule has 0 radical (unpaired) electrons. The van der Waals surface area contributed by atoms with Crippen LogP contribution >= 0.6 is 0 Å². The maximum absolute atomic E-state index is 5.89. The third kappa shape index (κ3) is 2.93. The van der Waals surface area contributed by atoms with Gasteiger partial charge in [0, 0.05) is 6.54 Å². The van der Waals surface area contributed by atoms with Crippen molar-refractivity contribution in [1.82, 2.24) is 4.90 Å². The van der Waals surface area contributed by atoms with E-state index in [-0.39, 0.29) is 18.3 Å². The summed E-state index contributed by atoms with van der Waals surface area (Å²) in [6.07, 6.45) is 4.63. The van der Waals surface area contributed by atoms with Crippen molar-refractivity contribution in [2.75, 3.05) is 19.6 Å². The molecule has 0 amide bonds. The first-order valence-corrected chi connectivity index (χ1v) is 6.65. The topological polar surface area (TPSA) is 21.7 Å². The van der Waals surface area contributed by atoms with Gasteiger partial charge in [-0.15, -0.1) is 0 Å². The lowest BCUT2D eigenvalue weighted by Crippen LogP contribution is -2.41. The zero-order chi connectivity index (χ0) is 12.5. The van der Waals surface area contributed by atoms with Crippen LogP contribution in [0.4, 0.5) is 0 Å². The van der Waals surface area contributed by atoms with Crippen LogP contribution in [0.15, 0.2) is 12.1 Å². The normalized spacial score (nSPS) is 27.6. The minimum atomic E-state index is -0.223. The molecule has 2 aliphatic heterocycles. The fraction of sp³-hybridized carbons (Fsp3) is 0.846. The van der Waals surface area contributed by atoms with Crippen LogP contribution < -0.4 is 0 Å². The lowest BCUT2D eigenvalue weighted by molar-refractivity contribution is 0.00578. The van der Waals surface area contributed by atoms with E-state index < -0.39 is 0 Å². The van der Waals surface area contributed by atoms with E-state index in [1.165, 1.54) is 19.5 Å². The van der Waals surface area contributed by atoms with Crippen molar-refractivity contribution in [2.45, 2.75) is 51.7 Å². The Morgan fingerprint density at radius 1 is 1.12 bits per heavy atom. The Morgan fingerprint density at radius 3 is 2.18 bits per heavy atom. The predicted octanol–water partition coefficient (Wildman–Crippen LogP) is 2.27. The van der Waals surface area contributed by atoms with Crippen LogP contribution in [0.3, 0.4) is 0 Å². The molecule has 2 rings (SSSR count). The van der Waals surface area contributed by atoms with Crippen molar-refractivity contribution >= 4 is 7.12 Å². The van der Waals surface area contributed by atoms with Gasteiger partial charge in [-0.25, -0.2) is 0 Å². The van der Waals surface area contributed by atoms with Crippen LogP contribution in [0.5, 0.6) is 0 Å². The molecule has 0 aromatic rings. The third-order valence-corrected chi connectivity index (χ3v) is 4.13. The number of hydrogen-bond acceptors (Lipinski definition) is 3. The third-order valence-electron chi connectivity index (χ3n) is 4.13. The van der Waals surface area contributed by atoms with Crippen LogP contribution in [0.2, 0.25) is 0 Å². The molecule has 0 aliphatic carbocycles. The molecule has 0 saturated carbocycles. The number of hydrogen-bond donors (Lipinski definition) is 0. The number of likely N-dealkylation sites (tertiary alicyclic amines) is 1. The molecule has 2 saturated heterocycles. The summed E-state index contributed by atoms with van der Waals surface area (Å²) in [6, 6.07) is 0. The van der Waals surface area contributed by atoms with Gasteiger partial charge in [0.1, 0.15) is 0 Å². The summed E-state index contributed by atoms with van der Waals surface area (Å²) in [4.78, 5) is 2.47. The fourth-order valence-electron chi connectivity index (χ4n) is 2.04. The van der Waals surface area contributed by atoms with Gasteiger partial charge in [-0.2, -0.15) is 0 Å². The van der Waals surface area contributed by atoms with E-state index in [4.69, 9.17) is 9.31 Å². The van der Waals surface area contributed by atoms with Gasteiger partial charge in [0.25, 0.3) is 0 Å². The van der Waals surface area contributed by atoms with E-state index in [0.29, 0.717) is 0 Å². The summed E-state index contributed by atoms with van der Waals surface area (Å²) < 4.78 is 11.8. The summed E-state index contributed by atoms with van der Waals surface area (Å²) in [5.41, 5.74) is -0.445. The quantitative estimate of drug-likeness (QED) is 0.700. The van der Waals surface area contributed by atoms with Gasteiger partial charge in [-0.05, 0) is 53.6 Å². The van der Waals surface area contributed by atoms with Crippen molar-refractivity contribution in [3.05, 3.63) is 12.1 Å². The van der Waals surface area contributed by atoms with Gasteiger partial charge in [-0.3, -0.25) is 0 Å². The second kappa shape index (κ2) is 4.75. The average Bonchev–Trinajstić information content (AvgIpc) is 2.32. The maximum atomic E-state index is 5.89. The first-order chi connectivity index (χ1) is 7.91. The Kier molecular flexibility index (Phi) is 3.67. The molecule has 0 spiro atoms. The van der Waals surface area contributed by atoms with Gasteiger partial charge in [0.15, 0.2) is 0 Å². The molecule has 2 fully saturated rings. The molecular weight excluding hydrogens is 213 g/mol. The lowest BCUT2D eigenvalue weighted by atomic mass is 9.89. The SMILES string of the molecule is CC1(C)OB(/C=C/CCN2CCC2)OC1(C)C. The highest BCUT2D eigenvalue weighted by atomic mass is 16.7. The van der Waals surface area contributed by atoms with Gasteiger partial charge in [0.2, 0.25) is 0 Å². The first-order valence-electron chi connectivity index (χ1n) is 6.65. The predicted molar refractivity (Wildman–Crippen MR) is 70.9 cm³/mol. The molecule has 0 bridgehead atoms. The van der Waals surface area contributed by atoms with E-state index in [9.17, 15) is 0 Å². The second-order valence-electron chi connectivity index (χ2n) is 6.04. The molecule has 0 N–H and O–H groups in total. The lowest BCUT2D eigenvalue weighted by Gasteiger charge is -2.32. The van der Waals surface area contributed by atoms with E-state index >= 15 is 0 Å².